The van der Waals surface area contributed by atoms with E-state index in [1.165, 1.54) is 0 Å². The van der Waals surface area contributed by atoms with Gasteiger partial charge in [-0.3, -0.25) is 0 Å². The lowest BCUT2D eigenvalue weighted by Gasteiger charge is -2.30. The third-order valence-corrected chi connectivity index (χ3v) is 8.01. The minimum atomic E-state index is 0.606. The van der Waals surface area contributed by atoms with Crippen LogP contribution in [0.2, 0.25) is 0 Å². The van der Waals surface area contributed by atoms with Crippen LogP contribution in [-0.4, -0.2) is 4.98 Å². The Morgan fingerprint density at radius 2 is 0.889 bits per heavy atom. The van der Waals surface area contributed by atoms with E-state index in [0.717, 1.165) is 61.6 Å². The fraction of sp³-hybridized carbons (Fsp3) is 0. The molecule has 214 valence electrons. The van der Waals surface area contributed by atoms with Gasteiger partial charge in [0.2, 0.25) is 5.89 Å². The van der Waals surface area contributed by atoms with Crippen LogP contribution in [0.4, 0.5) is 34.1 Å². The number of para-hydroxylation sites is 4. The van der Waals surface area contributed by atoms with E-state index in [1.807, 2.05) is 30.3 Å². The van der Waals surface area contributed by atoms with Crippen LogP contribution in [0.15, 0.2) is 180 Å². The van der Waals surface area contributed by atoms with Crippen molar-refractivity contribution in [2.24, 2.45) is 0 Å². The van der Waals surface area contributed by atoms with Crippen LogP contribution >= 0.6 is 0 Å². The van der Waals surface area contributed by atoms with Crippen molar-refractivity contribution in [2.45, 2.75) is 0 Å². The number of benzene rings is 7. The minimum absolute atomic E-state index is 0.606. The van der Waals surface area contributed by atoms with Crippen molar-refractivity contribution in [3.8, 4) is 11.5 Å². The Balaban J connectivity index is 1.46. The molecule has 0 bridgehead atoms. The topological polar surface area (TPSA) is 32.5 Å². The summed E-state index contributed by atoms with van der Waals surface area (Å²) in [7, 11) is 0. The number of hydrogen-bond acceptors (Lipinski definition) is 4. The molecule has 1 heterocycles. The second kappa shape index (κ2) is 11.5. The number of oxazole rings is 1. The second-order valence-corrected chi connectivity index (χ2v) is 10.9. The summed E-state index contributed by atoms with van der Waals surface area (Å²) in [5.41, 5.74) is 8.81. The fourth-order valence-corrected chi connectivity index (χ4v) is 6.00. The van der Waals surface area contributed by atoms with E-state index in [9.17, 15) is 0 Å². The highest BCUT2D eigenvalue weighted by Gasteiger charge is 2.23. The van der Waals surface area contributed by atoms with Gasteiger partial charge in [-0.25, -0.2) is 4.98 Å². The summed E-state index contributed by atoms with van der Waals surface area (Å²) in [6, 6.07) is 60.8. The molecule has 4 nitrogen and oxygen atoms in total. The van der Waals surface area contributed by atoms with E-state index in [-0.39, 0.29) is 0 Å². The van der Waals surface area contributed by atoms with Crippen LogP contribution in [0.1, 0.15) is 0 Å². The van der Waals surface area contributed by atoms with Gasteiger partial charge in [-0.2, -0.15) is 0 Å². The summed E-state index contributed by atoms with van der Waals surface area (Å²) in [5.74, 6) is 0.606. The van der Waals surface area contributed by atoms with Crippen LogP contribution < -0.4 is 9.80 Å². The van der Waals surface area contributed by atoms with E-state index in [0.29, 0.717) is 5.89 Å². The van der Waals surface area contributed by atoms with Crippen molar-refractivity contribution in [3.05, 3.63) is 176 Å². The molecule has 0 radical (unpaired) electrons. The van der Waals surface area contributed by atoms with Gasteiger partial charge in [0.25, 0.3) is 0 Å². The second-order valence-electron chi connectivity index (χ2n) is 10.9. The number of rotatable bonds is 7. The number of fused-ring (bicyclic) bond motifs is 3. The zero-order valence-corrected chi connectivity index (χ0v) is 24.5. The molecule has 0 aliphatic heterocycles. The Morgan fingerprint density at radius 3 is 1.40 bits per heavy atom. The molecule has 0 saturated carbocycles. The highest BCUT2D eigenvalue weighted by Crippen LogP contribution is 2.46. The van der Waals surface area contributed by atoms with Crippen molar-refractivity contribution >= 4 is 56.0 Å². The average Bonchev–Trinajstić information content (AvgIpc) is 3.56. The van der Waals surface area contributed by atoms with Crippen LogP contribution in [0.3, 0.4) is 0 Å². The van der Waals surface area contributed by atoms with Crippen molar-refractivity contribution in [1.29, 1.82) is 0 Å². The van der Waals surface area contributed by atoms with Crippen LogP contribution in [0.5, 0.6) is 0 Å². The third-order valence-electron chi connectivity index (χ3n) is 8.01. The van der Waals surface area contributed by atoms with Crippen molar-refractivity contribution in [2.75, 3.05) is 9.80 Å². The summed E-state index contributed by atoms with van der Waals surface area (Å²) in [4.78, 5) is 9.55. The SMILES string of the molecule is c1ccc(-c2nc3ccc4cc(N(c5ccccc5)c5ccccc5)cc(N(c5ccccc5)c5ccccc5)c4c3o2)cc1. The number of hydrogen-bond donors (Lipinski definition) is 0. The van der Waals surface area contributed by atoms with Crippen molar-refractivity contribution in [3.63, 3.8) is 0 Å². The zero-order valence-electron chi connectivity index (χ0n) is 24.5. The molecule has 0 unspecified atom stereocenters. The maximum absolute atomic E-state index is 6.65. The lowest BCUT2D eigenvalue weighted by Crippen LogP contribution is -2.13. The molecule has 7 aromatic carbocycles. The van der Waals surface area contributed by atoms with E-state index < -0.39 is 0 Å². The van der Waals surface area contributed by atoms with Crippen molar-refractivity contribution in [1.82, 2.24) is 4.98 Å². The van der Waals surface area contributed by atoms with Gasteiger partial charge < -0.3 is 14.2 Å². The molecule has 1 aromatic heterocycles. The molecular weight excluding hydrogens is 550 g/mol. The van der Waals surface area contributed by atoms with E-state index in [4.69, 9.17) is 9.40 Å². The first-order valence-electron chi connectivity index (χ1n) is 15.1. The highest BCUT2D eigenvalue weighted by atomic mass is 16.3. The Bertz CT molecular complexity index is 2120. The van der Waals surface area contributed by atoms with Gasteiger partial charge in [0.05, 0.1) is 11.1 Å². The van der Waals surface area contributed by atoms with Gasteiger partial charge in [-0.05, 0) is 84.2 Å². The van der Waals surface area contributed by atoms with Gasteiger partial charge in [0, 0.05) is 34.0 Å². The first-order valence-corrected chi connectivity index (χ1v) is 15.1. The number of nitrogens with zero attached hydrogens (tertiary/aromatic N) is 3. The first-order chi connectivity index (χ1) is 22.3. The lowest BCUT2D eigenvalue weighted by atomic mass is 10.0. The minimum Gasteiger partial charge on any atom is -0.435 e. The van der Waals surface area contributed by atoms with Crippen molar-refractivity contribution < 1.29 is 4.42 Å². The van der Waals surface area contributed by atoms with Gasteiger partial charge in [-0.1, -0.05) is 97.1 Å². The maximum Gasteiger partial charge on any atom is 0.227 e. The fourth-order valence-electron chi connectivity index (χ4n) is 6.00. The molecule has 45 heavy (non-hydrogen) atoms. The van der Waals surface area contributed by atoms with Crippen LogP contribution in [0, 0.1) is 0 Å². The molecular formula is C41H29N3O. The molecule has 8 aromatic rings. The molecule has 4 heteroatoms. The molecule has 0 aliphatic rings. The molecule has 0 N–H and O–H groups in total. The highest BCUT2D eigenvalue weighted by molar-refractivity contribution is 6.14. The van der Waals surface area contributed by atoms with Crippen LogP contribution in [-0.2, 0) is 0 Å². The first kappa shape index (κ1) is 26.5. The smallest absolute Gasteiger partial charge is 0.227 e. The summed E-state index contributed by atoms with van der Waals surface area (Å²) in [6.45, 7) is 0. The molecule has 0 amide bonds. The van der Waals surface area contributed by atoms with E-state index >= 15 is 0 Å². The average molecular weight is 580 g/mol. The Kier molecular flexibility index (Phi) is 6.78. The predicted molar refractivity (Wildman–Crippen MR) is 186 cm³/mol. The lowest BCUT2D eigenvalue weighted by molar-refractivity contribution is 0.623. The van der Waals surface area contributed by atoms with Crippen LogP contribution in [0.25, 0.3) is 33.3 Å². The molecule has 0 aliphatic carbocycles. The molecule has 0 saturated heterocycles. The Morgan fingerprint density at radius 1 is 0.422 bits per heavy atom. The number of aromatic nitrogens is 1. The summed E-state index contributed by atoms with van der Waals surface area (Å²) >= 11 is 0. The Hall–Kier alpha value is -6.13. The third kappa shape index (κ3) is 4.98. The van der Waals surface area contributed by atoms with Gasteiger partial charge in [0.15, 0.2) is 5.58 Å². The van der Waals surface area contributed by atoms with E-state index in [2.05, 4.69) is 155 Å². The van der Waals surface area contributed by atoms with Gasteiger partial charge >= 0.3 is 0 Å². The van der Waals surface area contributed by atoms with Gasteiger partial charge in [0.1, 0.15) is 5.52 Å². The maximum atomic E-state index is 6.65. The quantitative estimate of drug-likeness (QED) is 0.188. The predicted octanol–water partition coefficient (Wildman–Crippen LogP) is 11.6. The zero-order chi connectivity index (χ0) is 30.0. The Labute approximate surface area is 262 Å². The summed E-state index contributed by atoms with van der Waals surface area (Å²) in [5, 5.41) is 2.05. The number of anilines is 6. The largest absolute Gasteiger partial charge is 0.435 e. The standard InChI is InChI=1S/C41H29N3O/c1-6-16-30(17-7-1)41-42-37-27-26-31-28-36(43(32-18-8-2-9-19-32)33-20-10-3-11-21-33)29-38(39(31)40(37)45-41)44(34-22-12-4-13-23-34)35-24-14-5-15-25-35/h1-29H. The summed E-state index contributed by atoms with van der Waals surface area (Å²) in [6.07, 6.45) is 0. The van der Waals surface area contributed by atoms with Gasteiger partial charge in [-0.15, -0.1) is 0 Å². The normalized spacial score (nSPS) is 11.1. The molecule has 0 atom stereocenters. The summed E-state index contributed by atoms with van der Waals surface area (Å²) < 4.78 is 6.65. The monoisotopic (exact) mass is 579 g/mol. The molecule has 8 rings (SSSR count). The molecule has 0 spiro atoms. The van der Waals surface area contributed by atoms with E-state index in [1.54, 1.807) is 0 Å². The molecule has 0 fully saturated rings.